The molecule has 1 aromatic carbocycles. The van der Waals surface area contributed by atoms with E-state index >= 15 is 0 Å². The lowest BCUT2D eigenvalue weighted by Crippen LogP contribution is -2.38. The molecule has 0 unspecified atom stereocenters. The molecule has 2 N–H and O–H groups in total. The first-order valence-corrected chi connectivity index (χ1v) is 8.48. The molecule has 8 nitrogen and oxygen atoms in total. The van der Waals surface area contributed by atoms with E-state index in [0.717, 1.165) is 18.4 Å². The predicted octanol–water partition coefficient (Wildman–Crippen LogP) is 1.16. The zero-order chi connectivity index (χ0) is 17.2. The number of aromatic amines is 2. The zero-order valence-corrected chi connectivity index (χ0v) is 13.7. The number of amides is 1. The monoisotopic (exact) mass is 344 g/mol. The Morgan fingerprint density at radius 3 is 2.40 bits per heavy atom. The van der Waals surface area contributed by atoms with Crippen molar-refractivity contribution in [2.45, 2.75) is 25.0 Å². The molecule has 1 aromatic heterocycles. The average Bonchev–Trinajstić information content (AvgIpc) is 3.33. The minimum atomic E-state index is -0.323. The maximum absolute atomic E-state index is 12.7. The molecule has 0 bridgehead atoms. The van der Waals surface area contributed by atoms with Gasteiger partial charge in [-0.25, -0.2) is 9.89 Å². The maximum atomic E-state index is 12.7. The number of carbonyl (C=O) groups excluding carboxylic acids is 1. The molecule has 132 valence electrons. The molecule has 0 saturated carbocycles. The molecule has 0 radical (unpaired) electrons. The summed E-state index contributed by atoms with van der Waals surface area (Å²) in [5.74, 6) is 0.883. The Morgan fingerprint density at radius 1 is 1.12 bits per heavy atom. The molecule has 0 atom stereocenters. The van der Waals surface area contributed by atoms with Gasteiger partial charge in [0.05, 0.1) is 13.2 Å². The van der Waals surface area contributed by atoms with E-state index in [1.165, 1.54) is 0 Å². The van der Waals surface area contributed by atoms with Crippen LogP contribution in [0.5, 0.6) is 0 Å². The smallest absolute Gasteiger partial charge is 0.340 e. The van der Waals surface area contributed by atoms with Crippen LogP contribution in [0.15, 0.2) is 29.1 Å². The molecule has 8 heteroatoms. The summed E-state index contributed by atoms with van der Waals surface area (Å²) < 4.78 is 10.9. The first-order valence-electron chi connectivity index (χ1n) is 8.48. The lowest BCUT2D eigenvalue weighted by molar-refractivity contribution is -0.0441. The molecule has 2 aliphatic rings. The summed E-state index contributed by atoms with van der Waals surface area (Å²) in [5, 5.41) is 6.39. The zero-order valence-electron chi connectivity index (χ0n) is 13.7. The Morgan fingerprint density at radius 2 is 1.80 bits per heavy atom. The third-order valence-corrected chi connectivity index (χ3v) is 4.74. The number of piperidine rings is 1. The molecule has 4 rings (SSSR count). The van der Waals surface area contributed by atoms with E-state index in [4.69, 9.17) is 9.47 Å². The van der Waals surface area contributed by atoms with E-state index in [9.17, 15) is 9.59 Å². The highest BCUT2D eigenvalue weighted by molar-refractivity contribution is 5.94. The highest BCUT2D eigenvalue weighted by atomic mass is 16.7. The number of benzene rings is 1. The summed E-state index contributed by atoms with van der Waals surface area (Å²) in [5.41, 5.74) is 1.30. The topological polar surface area (TPSA) is 100 Å². The SMILES string of the molecule is O=C(c1ccc(C2OCCO2)cc1)N1CCC(c2n[nH]c(=O)[nH]2)CC1. The van der Waals surface area contributed by atoms with Gasteiger partial charge in [0.2, 0.25) is 0 Å². The van der Waals surface area contributed by atoms with Crippen molar-refractivity contribution in [2.24, 2.45) is 0 Å². The van der Waals surface area contributed by atoms with Crippen molar-refractivity contribution in [1.82, 2.24) is 20.1 Å². The molecule has 2 aliphatic heterocycles. The minimum absolute atomic E-state index is 0.0220. The molecule has 1 amide bonds. The molecule has 0 spiro atoms. The number of nitrogens with zero attached hydrogens (tertiary/aromatic N) is 2. The van der Waals surface area contributed by atoms with Gasteiger partial charge in [0, 0.05) is 30.1 Å². The number of likely N-dealkylation sites (tertiary alicyclic amines) is 1. The minimum Gasteiger partial charge on any atom is -0.346 e. The largest absolute Gasteiger partial charge is 0.346 e. The van der Waals surface area contributed by atoms with Gasteiger partial charge in [0.25, 0.3) is 5.91 Å². The van der Waals surface area contributed by atoms with Crippen LogP contribution in [0.3, 0.4) is 0 Å². The first kappa shape index (κ1) is 16.0. The molecule has 3 heterocycles. The highest BCUT2D eigenvalue weighted by Crippen LogP contribution is 2.27. The van der Waals surface area contributed by atoms with E-state index in [0.29, 0.717) is 37.7 Å². The Bertz CT molecular complexity index is 783. The molecule has 2 fully saturated rings. The number of aromatic nitrogens is 3. The predicted molar refractivity (Wildman–Crippen MR) is 88.2 cm³/mol. The van der Waals surface area contributed by atoms with Crippen LogP contribution in [0.2, 0.25) is 0 Å². The lowest BCUT2D eigenvalue weighted by atomic mass is 9.95. The van der Waals surface area contributed by atoms with Crippen molar-refractivity contribution in [3.8, 4) is 0 Å². The van der Waals surface area contributed by atoms with Gasteiger partial charge < -0.3 is 14.4 Å². The van der Waals surface area contributed by atoms with E-state index in [2.05, 4.69) is 15.2 Å². The molecule has 2 saturated heterocycles. The summed E-state index contributed by atoms with van der Waals surface area (Å²) in [7, 11) is 0. The van der Waals surface area contributed by atoms with Crippen molar-refractivity contribution < 1.29 is 14.3 Å². The third kappa shape index (κ3) is 3.35. The summed E-state index contributed by atoms with van der Waals surface area (Å²) in [6.07, 6.45) is 1.25. The van der Waals surface area contributed by atoms with Crippen LogP contribution in [0, 0.1) is 0 Å². The normalized spacial score (nSPS) is 19.4. The lowest BCUT2D eigenvalue weighted by Gasteiger charge is -2.31. The average molecular weight is 344 g/mol. The highest BCUT2D eigenvalue weighted by Gasteiger charge is 2.26. The van der Waals surface area contributed by atoms with Gasteiger partial charge in [-0.05, 0) is 25.0 Å². The van der Waals surface area contributed by atoms with Crippen molar-refractivity contribution in [1.29, 1.82) is 0 Å². The molecular formula is C17H20N4O4. The number of H-pyrrole nitrogens is 2. The van der Waals surface area contributed by atoms with Gasteiger partial charge >= 0.3 is 5.69 Å². The molecule has 25 heavy (non-hydrogen) atoms. The van der Waals surface area contributed by atoms with E-state index in [1.807, 2.05) is 29.2 Å². The van der Waals surface area contributed by atoms with Crippen LogP contribution in [0.1, 0.15) is 46.8 Å². The van der Waals surface area contributed by atoms with Gasteiger partial charge in [0.1, 0.15) is 5.82 Å². The number of carbonyl (C=O) groups is 1. The van der Waals surface area contributed by atoms with Gasteiger partial charge in [-0.15, -0.1) is 0 Å². The van der Waals surface area contributed by atoms with Crippen LogP contribution < -0.4 is 5.69 Å². The van der Waals surface area contributed by atoms with Gasteiger partial charge in [0.15, 0.2) is 6.29 Å². The Labute approximate surface area is 144 Å². The second kappa shape index (κ2) is 6.81. The Balaban J connectivity index is 1.37. The van der Waals surface area contributed by atoms with Crippen molar-refractivity contribution in [2.75, 3.05) is 26.3 Å². The van der Waals surface area contributed by atoms with Gasteiger partial charge in [-0.3, -0.25) is 9.78 Å². The molecule has 2 aromatic rings. The second-order valence-electron chi connectivity index (χ2n) is 6.32. The molecular weight excluding hydrogens is 324 g/mol. The van der Waals surface area contributed by atoms with E-state index < -0.39 is 0 Å². The quantitative estimate of drug-likeness (QED) is 0.870. The number of ether oxygens (including phenoxy) is 2. The molecule has 0 aliphatic carbocycles. The third-order valence-electron chi connectivity index (χ3n) is 4.74. The maximum Gasteiger partial charge on any atom is 0.340 e. The van der Waals surface area contributed by atoms with Gasteiger partial charge in [-0.1, -0.05) is 12.1 Å². The second-order valence-corrected chi connectivity index (χ2v) is 6.32. The van der Waals surface area contributed by atoms with Crippen LogP contribution in [-0.2, 0) is 9.47 Å². The van der Waals surface area contributed by atoms with Crippen LogP contribution in [-0.4, -0.2) is 52.3 Å². The van der Waals surface area contributed by atoms with Crippen LogP contribution >= 0.6 is 0 Å². The summed E-state index contributed by atoms with van der Waals surface area (Å²) >= 11 is 0. The first-order chi connectivity index (χ1) is 12.2. The number of hydrogen-bond acceptors (Lipinski definition) is 5. The van der Waals surface area contributed by atoms with Crippen molar-refractivity contribution in [3.63, 3.8) is 0 Å². The number of nitrogens with one attached hydrogen (secondary N) is 2. The van der Waals surface area contributed by atoms with Crippen molar-refractivity contribution in [3.05, 3.63) is 51.7 Å². The fraction of sp³-hybridized carbons (Fsp3) is 0.471. The fourth-order valence-electron chi connectivity index (χ4n) is 3.35. The Kier molecular flexibility index (Phi) is 4.37. The number of hydrogen-bond donors (Lipinski definition) is 2. The fourth-order valence-corrected chi connectivity index (χ4v) is 3.35. The standard InChI is InChI=1S/C17H20N4O4/c22-15(12-1-3-13(4-2-12)16-24-9-10-25-16)21-7-5-11(6-8-21)14-18-17(23)20-19-14/h1-4,11,16H,5-10H2,(H2,18,19,20,23). The number of rotatable bonds is 3. The summed E-state index contributed by atoms with van der Waals surface area (Å²) in [4.78, 5) is 28.4. The van der Waals surface area contributed by atoms with Crippen molar-refractivity contribution >= 4 is 5.91 Å². The Hall–Kier alpha value is -2.45. The van der Waals surface area contributed by atoms with E-state index in [-0.39, 0.29) is 23.8 Å². The van der Waals surface area contributed by atoms with Gasteiger partial charge in [-0.2, -0.15) is 5.10 Å². The summed E-state index contributed by atoms with van der Waals surface area (Å²) in [6.45, 7) is 2.49. The van der Waals surface area contributed by atoms with E-state index in [1.54, 1.807) is 0 Å². The van der Waals surface area contributed by atoms with Crippen LogP contribution in [0.25, 0.3) is 0 Å². The van der Waals surface area contributed by atoms with Crippen LogP contribution in [0.4, 0.5) is 0 Å². The summed E-state index contributed by atoms with van der Waals surface area (Å²) in [6, 6.07) is 7.40.